The van der Waals surface area contributed by atoms with Crippen molar-refractivity contribution in [3.8, 4) is 5.75 Å². The van der Waals surface area contributed by atoms with Crippen LogP contribution in [0.3, 0.4) is 0 Å². The fraction of sp³-hybridized carbons (Fsp3) is 0.111. The van der Waals surface area contributed by atoms with Crippen molar-refractivity contribution in [1.82, 2.24) is 0 Å². The number of rotatable bonds is 6. The van der Waals surface area contributed by atoms with Gasteiger partial charge in [-0.25, -0.2) is 0 Å². The van der Waals surface area contributed by atoms with E-state index in [9.17, 15) is 0 Å². The van der Waals surface area contributed by atoms with Crippen LogP contribution in [-0.2, 0) is 0 Å². The van der Waals surface area contributed by atoms with Gasteiger partial charge in [0.2, 0.25) is 0 Å². The molecule has 2 rings (SSSR count). The van der Waals surface area contributed by atoms with Gasteiger partial charge in [-0.15, -0.1) is 0 Å². The van der Waals surface area contributed by atoms with Crippen LogP contribution in [0.25, 0.3) is 6.08 Å². The molecule has 0 saturated heterocycles. The maximum absolute atomic E-state index is 5.17. The van der Waals surface area contributed by atoms with Gasteiger partial charge in [0.25, 0.3) is 0 Å². The van der Waals surface area contributed by atoms with Crippen LogP contribution in [-0.4, -0.2) is 22.1 Å². The molecule has 0 aliphatic heterocycles. The monoisotopic (exact) mass is 330 g/mol. The second-order valence-corrected chi connectivity index (χ2v) is 6.50. The standard InChI is InChI=1S/C18H18OSe/c1-3-15(14-20-18-7-5-4-6-8-18)13-16-9-11-17(19-2)12-10-16/h3-13H,1,14H2,2H3/b15-13+. The molecule has 0 unspecified atom stereocenters. The van der Waals surface area contributed by atoms with Gasteiger partial charge >= 0.3 is 127 Å². The van der Waals surface area contributed by atoms with E-state index in [-0.39, 0.29) is 0 Å². The van der Waals surface area contributed by atoms with Gasteiger partial charge < -0.3 is 0 Å². The van der Waals surface area contributed by atoms with E-state index in [0.29, 0.717) is 15.0 Å². The molecule has 0 amide bonds. The Labute approximate surface area is 127 Å². The van der Waals surface area contributed by atoms with Gasteiger partial charge in [-0.3, -0.25) is 0 Å². The Balaban J connectivity index is 2.03. The fourth-order valence-electron chi connectivity index (χ4n) is 1.76. The zero-order valence-corrected chi connectivity index (χ0v) is 13.3. The fourth-order valence-corrected chi connectivity index (χ4v) is 3.61. The molecule has 0 heterocycles. The number of methoxy groups -OCH3 is 1. The van der Waals surface area contributed by atoms with Gasteiger partial charge in [0, 0.05) is 0 Å². The van der Waals surface area contributed by atoms with Gasteiger partial charge in [-0.1, -0.05) is 0 Å². The average molecular weight is 329 g/mol. The number of allylic oxidation sites excluding steroid dienone is 2. The topological polar surface area (TPSA) is 9.23 Å². The van der Waals surface area contributed by atoms with Gasteiger partial charge in [-0.2, -0.15) is 0 Å². The van der Waals surface area contributed by atoms with Gasteiger partial charge in [0.05, 0.1) is 0 Å². The molecule has 1 nitrogen and oxygen atoms in total. The molecule has 2 aromatic rings. The molecular weight excluding hydrogens is 311 g/mol. The Morgan fingerprint density at radius 1 is 1.10 bits per heavy atom. The van der Waals surface area contributed by atoms with Crippen molar-refractivity contribution in [2.24, 2.45) is 0 Å². The molecule has 20 heavy (non-hydrogen) atoms. The third kappa shape index (κ3) is 4.41. The summed E-state index contributed by atoms with van der Waals surface area (Å²) < 4.78 is 6.59. The van der Waals surface area contributed by atoms with Crippen LogP contribution < -0.4 is 9.20 Å². The summed E-state index contributed by atoms with van der Waals surface area (Å²) in [5.74, 6) is 0.885. The van der Waals surface area contributed by atoms with E-state index >= 15 is 0 Å². The van der Waals surface area contributed by atoms with Crippen LogP contribution in [0.2, 0.25) is 5.32 Å². The summed E-state index contributed by atoms with van der Waals surface area (Å²) in [7, 11) is 1.68. The predicted octanol–water partition coefficient (Wildman–Crippen LogP) is 3.71. The van der Waals surface area contributed by atoms with Crippen molar-refractivity contribution in [3.05, 3.63) is 78.4 Å². The zero-order valence-electron chi connectivity index (χ0n) is 11.6. The Morgan fingerprint density at radius 2 is 1.80 bits per heavy atom. The molecule has 0 N–H and O–H groups in total. The Bertz CT molecular complexity index is 570. The first-order chi connectivity index (χ1) is 9.81. The Kier molecular flexibility index (Phi) is 5.67. The van der Waals surface area contributed by atoms with E-state index in [1.165, 1.54) is 15.6 Å². The number of hydrogen-bond acceptors (Lipinski definition) is 1. The SMILES string of the molecule is C=C/C(=C\c1ccc(OC)cc1)C[Se]c1ccccc1. The minimum absolute atomic E-state index is 0.452. The molecule has 2 heteroatoms. The summed E-state index contributed by atoms with van der Waals surface area (Å²) in [5, 5.41) is 1.06. The summed E-state index contributed by atoms with van der Waals surface area (Å²) in [6.07, 6.45) is 4.14. The van der Waals surface area contributed by atoms with E-state index < -0.39 is 0 Å². The van der Waals surface area contributed by atoms with Crippen LogP contribution in [0.5, 0.6) is 5.75 Å². The minimum atomic E-state index is 0.452. The van der Waals surface area contributed by atoms with Crippen molar-refractivity contribution in [1.29, 1.82) is 0 Å². The molecule has 0 aromatic heterocycles. The van der Waals surface area contributed by atoms with Crippen LogP contribution in [0.4, 0.5) is 0 Å². The van der Waals surface area contributed by atoms with Gasteiger partial charge in [0.15, 0.2) is 0 Å². The summed E-state index contributed by atoms with van der Waals surface area (Å²) in [4.78, 5) is 0. The molecule has 0 bridgehead atoms. The van der Waals surface area contributed by atoms with E-state index in [2.05, 4.69) is 55.1 Å². The second-order valence-electron chi connectivity index (χ2n) is 4.30. The number of benzene rings is 2. The van der Waals surface area contributed by atoms with Crippen molar-refractivity contribution in [3.63, 3.8) is 0 Å². The van der Waals surface area contributed by atoms with Crippen molar-refractivity contribution in [2.45, 2.75) is 5.32 Å². The first-order valence-electron chi connectivity index (χ1n) is 6.47. The van der Waals surface area contributed by atoms with E-state index in [1.807, 2.05) is 18.2 Å². The Morgan fingerprint density at radius 3 is 2.40 bits per heavy atom. The van der Waals surface area contributed by atoms with Crippen molar-refractivity contribution >= 4 is 25.5 Å². The van der Waals surface area contributed by atoms with E-state index in [0.717, 1.165) is 11.1 Å². The van der Waals surface area contributed by atoms with Gasteiger partial charge in [-0.05, 0) is 0 Å². The predicted molar refractivity (Wildman–Crippen MR) is 87.8 cm³/mol. The first kappa shape index (κ1) is 14.6. The third-order valence-electron chi connectivity index (χ3n) is 2.88. The van der Waals surface area contributed by atoms with Crippen LogP contribution >= 0.6 is 0 Å². The molecule has 0 saturated carbocycles. The van der Waals surface area contributed by atoms with E-state index in [4.69, 9.17) is 4.74 Å². The quantitative estimate of drug-likeness (QED) is 0.580. The molecule has 2 aromatic carbocycles. The summed E-state index contributed by atoms with van der Waals surface area (Å²) in [5.41, 5.74) is 2.46. The summed E-state index contributed by atoms with van der Waals surface area (Å²) in [6, 6.07) is 18.7. The summed E-state index contributed by atoms with van der Waals surface area (Å²) in [6.45, 7) is 3.92. The first-order valence-corrected chi connectivity index (χ1v) is 8.53. The summed E-state index contributed by atoms with van der Waals surface area (Å²) >= 11 is 0.452. The average Bonchev–Trinajstić information content (AvgIpc) is 2.53. The number of hydrogen-bond donors (Lipinski definition) is 0. The third-order valence-corrected chi connectivity index (χ3v) is 5.15. The van der Waals surface area contributed by atoms with E-state index in [1.54, 1.807) is 7.11 Å². The molecule has 0 atom stereocenters. The molecule has 0 spiro atoms. The number of ether oxygens (including phenoxy) is 1. The van der Waals surface area contributed by atoms with Gasteiger partial charge in [0.1, 0.15) is 0 Å². The molecule has 102 valence electrons. The molecular formula is C18H18OSe. The normalized spacial score (nSPS) is 11.2. The van der Waals surface area contributed by atoms with Crippen LogP contribution in [0.1, 0.15) is 5.56 Å². The maximum atomic E-state index is 5.17. The molecule has 0 aliphatic carbocycles. The van der Waals surface area contributed by atoms with Crippen molar-refractivity contribution in [2.75, 3.05) is 7.11 Å². The van der Waals surface area contributed by atoms with Crippen molar-refractivity contribution < 1.29 is 4.74 Å². The second kappa shape index (κ2) is 7.74. The van der Waals surface area contributed by atoms with Crippen LogP contribution in [0, 0.1) is 0 Å². The molecule has 0 fully saturated rings. The van der Waals surface area contributed by atoms with Crippen LogP contribution in [0.15, 0.2) is 72.8 Å². The molecule has 0 aliphatic rings. The zero-order chi connectivity index (χ0) is 14.2. The Hall–Kier alpha value is -1.76. The molecule has 0 radical (unpaired) electrons.